The summed E-state index contributed by atoms with van der Waals surface area (Å²) in [6, 6.07) is 5.64. The third kappa shape index (κ3) is 3.48. The number of nitrogens with zero attached hydrogens (tertiary/aromatic N) is 2. The number of fused-ring (bicyclic) bond motifs is 1. The van der Waals surface area contributed by atoms with Crippen molar-refractivity contribution in [2.75, 3.05) is 13.2 Å². The number of benzene rings is 1. The molecule has 1 aliphatic rings. The van der Waals surface area contributed by atoms with Crippen molar-refractivity contribution in [1.29, 1.82) is 5.26 Å². The number of allylic oxidation sites excluding steroid dienone is 1. The normalized spacial score (nSPS) is 15.4. The van der Waals surface area contributed by atoms with Crippen LogP contribution < -0.4 is 25.7 Å². The lowest BCUT2D eigenvalue weighted by atomic mass is 9.84. The Kier molecular flexibility index (Phi) is 5.46. The van der Waals surface area contributed by atoms with Gasteiger partial charge in [-0.05, 0) is 47.5 Å². The summed E-state index contributed by atoms with van der Waals surface area (Å²) >= 11 is 3.45. The number of carbonyl (C=O) groups excluding carboxylic acids is 1. The van der Waals surface area contributed by atoms with Crippen molar-refractivity contribution in [3.8, 4) is 23.4 Å². The first kappa shape index (κ1) is 19.6. The van der Waals surface area contributed by atoms with E-state index >= 15 is 0 Å². The largest absolute Gasteiger partial charge is 0.490 e. The molecular formula is C18H18BrN5O4. The van der Waals surface area contributed by atoms with E-state index in [0.29, 0.717) is 34.0 Å². The molecule has 0 saturated heterocycles. The molecule has 10 heteroatoms. The van der Waals surface area contributed by atoms with Crippen molar-refractivity contribution in [2.45, 2.75) is 19.8 Å². The Bertz CT molecular complexity index is 1010. The van der Waals surface area contributed by atoms with Crippen molar-refractivity contribution >= 4 is 21.8 Å². The van der Waals surface area contributed by atoms with Crippen LogP contribution in [0.2, 0.25) is 0 Å². The first-order valence-electron chi connectivity index (χ1n) is 8.37. The first-order valence-corrected chi connectivity index (χ1v) is 9.16. The van der Waals surface area contributed by atoms with Gasteiger partial charge in [0, 0.05) is 11.3 Å². The van der Waals surface area contributed by atoms with E-state index in [1.54, 1.807) is 12.1 Å². The highest BCUT2D eigenvalue weighted by Gasteiger charge is 2.35. The lowest BCUT2D eigenvalue weighted by Crippen LogP contribution is -2.22. The number of aryl methyl sites for hydroxylation is 1. The topological polar surface area (TPSA) is 149 Å². The molecule has 2 aromatic rings. The fraction of sp³-hybridized carbons (Fsp3) is 0.278. The SMILES string of the molecule is CCOc1cc([C@H]2C(C#N)=C(N)Oc3n[nH]c(C)c32)cc(Br)c1OCC(N)=O. The number of carbonyl (C=O) groups is 1. The standard InChI is InChI=1S/C18H18BrN5O4/c1-3-26-12-5-9(4-11(19)16(12)27-7-13(21)25)15-10(6-20)17(22)28-18-14(15)8(2)23-24-18/h4-5,15H,3,7,22H2,1-2H3,(H2,21,25)(H,23,24)/t15-/m0/s1. The van der Waals surface area contributed by atoms with E-state index in [-0.39, 0.29) is 18.1 Å². The Balaban J connectivity index is 2.16. The van der Waals surface area contributed by atoms with Gasteiger partial charge in [0.05, 0.1) is 17.0 Å². The molecule has 9 nitrogen and oxygen atoms in total. The molecule has 0 fully saturated rings. The maximum absolute atomic E-state index is 11.1. The van der Waals surface area contributed by atoms with Crippen LogP contribution in [0, 0.1) is 18.3 Å². The third-order valence-corrected chi connectivity index (χ3v) is 4.74. The van der Waals surface area contributed by atoms with Crippen molar-refractivity contribution in [3.63, 3.8) is 0 Å². The van der Waals surface area contributed by atoms with Crippen LogP contribution in [-0.4, -0.2) is 29.3 Å². The molecule has 5 N–H and O–H groups in total. The second-order valence-corrected chi connectivity index (χ2v) is 6.86. The number of primary amides is 1. The Hall–Kier alpha value is -3.19. The van der Waals surface area contributed by atoms with E-state index in [1.165, 1.54) is 0 Å². The molecule has 0 unspecified atom stereocenters. The fourth-order valence-corrected chi connectivity index (χ4v) is 3.61. The quantitative estimate of drug-likeness (QED) is 0.612. The van der Waals surface area contributed by atoms with Gasteiger partial charge in [0.2, 0.25) is 11.8 Å². The molecule has 28 heavy (non-hydrogen) atoms. The van der Waals surface area contributed by atoms with Gasteiger partial charge in [0.15, 0.2) is 18.1 Å². The number of halogens is 1. The van der Waals surface area contributed by atoms with Crippen molar-refractivity contribution in [1.82, 2.24) is 10.2 Å². The highest BCUT2D eigenvalue weighted by molar-refractivity contribution is 9.10. The van der Waals surface area contributed by atoms with Crippen LogP contribution >= 0.6 is 15.9 Å². The number of nitrogens with two attached hydrogens (primary N) is 2. The number of amides is 1. The summed E-state index contributed by atoms with van der Waals surface area (Å²) in [6.07, 6.45) is 0. The number of hydrogen-bond acceptors (Lipinski definition) is 7. The Morgan fingerprint density at radius 3 is 2.86 bits per heavy atom. The second kappa shape index (κ2) is 7.82. The Morgan fingerprint density at radius 2 is 2.21 bits per heavy atom. The van der Waals surface area contributed by atoms with E-state index in [1.807, 2.05) is 13.8 Å². The molecule has 2 heterocycles. The van der Waals surface area contributed by atoms with Gasteiger partial charge in [-0.3, -0.25) is 9.89 Å². The first-order chi connectivity index (χ1) is 13.4. The predicted molar refractivity (Wildman–Crippen MR) is 103 cm³/mol. The zero-order valence-corrected chi connectivity index (χ0v) is 16.8. The lowest BCUT2D eigenvalue weighted by molar-refractivity contribution is -0.119. The Labute approximate surface area is 169 Å². The number of aromatic nitrogens is 2. The van der Waals surface area contributed by atoms with E-state index in [9.17, 15) is 10.1 Å². The average Bonchev–Trinajstić information content (AvgIpc) is 3.00. The van der Waals surface area contributed by atoms with E-state index in [0.717, 1.165) is 11.3 Å². The van der Waals surface area contributed by atoms with Gasteiger partial charge in [0.1, 0.15) is 11.6 Å². The minimum atomic E-state index is -0.607. The molecule has 0 bridgehead atoms. The third-order valence-electron chi connectivity index (χ3n) is 4.15. The van der Waals surface area contributed by atoms with Gasteiger partial charge in [0.25, 0.3) is 5.91 Å². The molecule has 1 atom stereocenters. The van der Waals surface area contributed by atoms with Gasteiger partial charge in [-0.25, -0.2) is 0 Å². The van der Waals surface area contributed by atoms with Crippen molar-refractivity contribution in [2.24, 2.45) is 11.5 Å². The Morgan fingerprint density at radius 1 is 1.46 bits per heavy atom. The predicted octanol–water partition coefficient (Wildman–Crippen LogP) is 1.96. The molecule has 1 aromatic carbocycles. The molecular weight excluding hydrogens is 430 g/mol. The van der Waals surface area contributed by atoms with Crippen LogP contribution in [-0.2, 0) is 4.79 Å². The molecule has 1 amide bonds. The average molecular weight is 448 g/mol. The summed E-state index contributed by atoms with van der Waals surface area (Å²) in [5.41, 5.74) is 13.6. The summed E-state index contributed by atoms with van der Waals surface area (Å²) in [4.78, 5) is 11.1. The number of rotatable bonds is 6. The zero-order valence-electron chi connectivity index (χ0n) is 15.2. The molecule has 0 radical (unpaired) electrons. The number of nitrogens with one attached hydrogen (secondary N) is 1. The summed E-state index contributed by atoms with van der Waals surface area (Å²) in [5.74, 6) is -0.0526. The van der Waals surface area contributed by atoms with Gasteiger partial charge in [-0.2, -0.15) is 5.26 Å². The fourth-order valence-electron chi connectivity index (χ4n) is 3.03. The summed E-state index contributed by atoms with van der Waals surface area (Å²) < 4.78 is 17.2. The summed E-state index contributed by atoms with van der Waals surface area (Å²) in [7, 11) is 0. The van der Waals surface area contributed by atoms with Crippen LogP contribution in [0.15, 0.2) is 28.1 Å². The lowest BCUT2D eigenvalue weighted by Gasteiger charge is -2.25. The smallest absolute Gasteiger partial charge is 0.255 e. The molecule has 1 aliphatic heterocycles. The van der Waals surface area contributed by atoms with Gasteiger partial charge < -0.3 is 25.7 Å². The maximum Gasteiger partial charge on any atom is 0.255 e. The maximum atomic E-state index is 11.1. The van der Waals surface area contributed by atoms with Crippen LogP contribution in [0.4, 0.5) is 0 Å². The van der Waals surface area contributed by atoms with Gasteiger partial charge in [-0.1, -0.05) is 0 Å². The summed E-state index contributed by atoms with van der Waals surface area (Å²) in [5, 5.41) is 16.6. The van der Waals surface area contributed by atoms with E-state index < -0.39 is 11.8 Å². The second-order valence-electron chi connectivity index (χ2n) is 6.01. The minimum Gasteiger partial charge on any atom is -0.490 e. The van der Waals surface area contributed by atoms with E-state index in [2.05, 4.69) is 32.2 Å². The van der Waals surface area contributed by atoms with E-state index in [4.69, 9.17) is 25.7 Å². The monoisotopic (exact) mass is 447 g/mol. The number of H-pyrrole nitrogens is 1. The zero-order chi connectivity index (χ0) is 20.4. The van der Waals surface area contributed by atoms with Crippen molar-refractivity contribution in [3.05, 3.63) is 44.9 Å². The number of nitriles is 1. The van der Waals surface area contributed by atoms with Crippen LogP contribution in [0.1, 0.15) is 29.7 Å². The van der Waals surface area contributed by atoms with Crippen molar-refractivity contribution < 1.29 is 19.0 Å². The molecule has 1 aromatic heterocycles. The number of aromatic amines is 1. The summed E-state index contributed by atoms with van der Waals surface area (Å²) in [6.45, 7) is 3.73. The molecule has 3 rings (SSSR count). The van der Waals surface area contributed by atoms with Crippen LogP contribution in [0.3, 0.4) is 0 Å². The number of hydrogen-bond donors (Lipinski definition) is 3. The minimum absolute atomic E-state index is 0.00497. The highest BCUT2D eigenvalue weighted by atomic mass is 79.9. The van der Waals surface area contributed by atoms with Crippen LogP contribution in [0.5, 0.6) is 17.4 Å². The highest BCUT2D eigenvalue weighted by Crippen LogP contribution is 2.46. The van der Waals surface area contributed by atoms with Gasteiger partial charge in [-0.15, -0.1) is 5.10 Å². The van der Waals surface area contributed by atoms with Crippen LogP contribution in [0.25, 0.3) is 0 Å². The number of ether oxygens (including phenoxy) is 3. The van der Waals surface area contributed by atoms with Gasteiger partial charge >= 0.3 is 0 Å². The molecule has 146 valence electrons. The molecule has 0 saturated carbocycles. The molecule has 0 aliphatic carbocycles. The molecule has 0 spiro atoms.